The highest BCUT2D eigenvalue weighted by Crippen LogP contribution is 2.26. The zero-order valence-corrected chi connectivity index (χ0v) is 11.0. The second kappa shape index (κ2) is 5.66. The minimum atomic E-state index is 0.761. The zero-order chi connectivity index (χ0) is 10.6. The third kappa shape index (κ3) is 2.92. The number of thiol groups is 1. The molecule has 0 bridgehead atoms. The molecule has 0 saturated carbocycles. The molecule has 0 spiro atoms. The van der Waals surface area contributed by atoms with Crippen molar-refractivity contribution in [1.29, 1.82) is 0 Å². The lowest BCUT2D eigenvalue weighted by Gasteiger charge is -2.11. The van der Waals surface area contributed by atoms with Gasteiger partial charge in [-0.15, -0.1) is 12.6 Å². The van der Waals surface area contributed by atoms with Crippen LogP contribution >= 0.6 is 28.6 Å². The van der Waals surface area contributed by atoms with Crippen LogP contribution in [0.25, 0.3) is 0 Å². The van der Waals surface area contributed by atoms with Crippen LogP contribution in [0.3, 0.4) is 0 Å². The highest BCUT2D eigenvalue weighted by Gasteiger charge is 2.04. The average molecular weight is 275 g/mol. The first-order valence-electron chi connectivity index (χ1n) is 4.64. The van der Waals surface area contributed by atoms with Crippen LogP contribution < -0.4 is 4.74 Å². The highest BCUT2D eigenvalue weighted by molar-refractivity contribution is 9.09. The molecule has 0 atom stereocenters. The molecule has 0 N–H and O–H groups in total. The van der Waals surface area contributed by atoms with Gasteiger partial charge in [0.25, 0.3) is 0 Å². The minimum Gasteiger partial charge on any atom is -0.493 e. The molecule has 0 amide bonds. The lowest BCUT2D eigenvalue weighted by Crippen LogP contribution is -2.00. The number of hydrogen-bond acceptors (Lipinski definition) is 2. The van der Waals surface area contributed by atoms with E-state index in [1.54, 1.807) is 0 Å². The normalized spacial score (nSPS) is 10.3. The van der Waals surface area contributed by atoms with E-state index in [0.29, 0.717) is 0 Å². The summed E-state index contributed by atoms with van der Waals surface area (Å²) in [6.45, 7) is 4.89. The Morgan fingerprint density at radius 3 is 2.64 bits per heavy atom. The fourth-order valence-corrected chi connectivity index (χ4v) is 1.65. The van der Waals surface area contributed by atoms with Gasteiger partial charge >= 0.3 is 0 Å². The van der Waals surface area contributed by atoms with E-state index in [-0.39, 0.29) is 0 Å². The number of rotatable bonds is 4. The molecule has 3 heteroatoms. The predicted octanol–water partition coefficient (Wildman–Crippen LogP) is 3.76. The largest absolute Gasteiger partial charge is 0.493 e. The fourth-order valence-electron chi connectivity index (χ4n) is 1.17. The monoisotopic (exact) mass is 274 g/mol. The van der Waals surface area contributed by atoms with Crippen molar-refractivity contribution in [1.82, 2.24) is 0 Å². The molecule has 1 nitrogen and oxygen atoms in total. The van der Waals surface area contributed by atoms with Crippen molar-refractivity contribution in [3.8, 4) is 5.75 Å². The van der Waals surface area contributed by atoms with Gasteiger partial charge in [0.1, 0.15) is 5.75 Å². The molecule has 0 heterocycles. The van der Waals surface area contributed by atoms with Crippen LogP contribution in [0.1, 0.15) is 17.5 Å². The van der Waals surface area contributed by atoms with Gasteiger partial charge < -0.3 is 4.74 Å². The van der Waals surface area contributed by atoms with Crippen molar-refractivity contribution in [2.45, 2.75) is 25.2 Å². The topological polar surface area (TPSA) is 9.23 Å². The van der Waals surface area contributed by atoms with Crippen molar-refractivity contribution in [3.05, 3.63) is 23.3 Å². The van der Waals surface area contributed by atoms with E-state index >= 15 is 0 Å². The van der Waals surface area contributed by atoms with E-state index in [9.17, 15) is 0 Å². The molecule has 0 aliphatic carbocycles. The van der Waals surface area contributed by atoms with Crippen LogP contribution in [-0.2, 0) is 0 Å². The van der Waals surface area contributed by atoms with Gasteiger partial charge in [0.05, 0.1) is 6.61 Å². The molecule has 1 aromatic rings. The third-order valence-electron chi connectivity index (χ3n) is 2.24. The van der Waals surface area contributed by atoms with Crippen LogP contribution in [-0.4, -0.2) is 11.9 Å². The molecule has 0 unspecified atom stereocenters. The molecule has 14 heavy (non-hydrogen) atoms. The van der Waals surface area contributed by atoms with Gasteiger partial charge in [-0.3, -0.25) is 0 Å². The van der Waals surface area contributed by atoms with E-state index in [4.69, 9.17) is 4.74 Å². The highest BCUT2D eigenvalue weighted by atomic mass is 79.9. The Morgan fingerprint density at radius 2 is 2.00 bits per heavy atom. The Bertz CT molecular complexity index is 312. The van der Waals surface area contributed by atoms with Crippen LogP contribution in [0.4, 0.5) is 0 Å². The Balaban J connectivity index is 2.73. The van der Waals surface area contributed by atoms with Crippen LogP contribution in [0, 0.1) is 13.8 Å². The summed E-state index contributed by atoms with van der Waals surface area (Å²) in [5.41, 5.74) is 2.39. The van der Waals surface area contributed by atoms with E-state index in [1.165, 1.54) is 11.1 Å². The summed E-state index contributed by atoms with van der Waals surface area (Å²) in [7, 11) is 0. The van der Waals surface area contributed by atoms with Crippen LogP contribution in [0.5, 0.6) is 5.75 Å². The van der Waals surface area contributed by atoms with Crippen LogP contribution in [0.2, 0.25) is 0 Å². The summed E-state index contributed by atoms with van der Waals surface area (Å²) in [6, 6.07) is 3.97. The molecule has 78 valence electrons. The maximum Gasteiger partial charge on any atom is 0.122 e. The maximum absolute atomic E-state index is 5.65. The lowest BCUT2D eigenvalue weighted by atomic mass is 10.1. The second-order valence-electron chi connectivity index (χ2n) is 3.22. The van der Waals surface area contributed by atoms with Crippen molar-refractivity contribution in [2.75, 3.05) is 11.9 Å². The first-order valence-corrected chi connectivity index (χ1v) is 6.21. The number of alkyl halides is 1. The zero-order valence-electron chi connectivity index (χ0n) is 8.51. The molecule has 0 saturated heterocycles. The standard InChI is InChI=1S/C11H15BrOS/c1-8-9(2)11(14)5-4-10(8)13-7-3-6-12/h4-5,14H,3,6-7H2,1-2H3. The lowest BCUT2D eigenvalue weighted by molar-refractivity contribution is 0.316. The van der Waals surface area contributed by atoms with E-state index in [0.717, 1.165) is 29.0 Å². The van der Waals surface area contributed by atoms with Gasteiger partial charge in [-0.2, -0.15) is 0 Å². The molecule has 0 aliphatic rings. The first-order chi connectivity index (χ1) is 6.66. The number of ether oxygens (including phenoxy) is 1. The maximum atomic E-state index is 5.65. The summed E-state index contributed by atoms with van der Waals surface area (Å²) in [5.74, 6) is 0.973. The fraction of sp³-hybridized carbons (Fsp3) is 0.455. The third-order valence-corrected chi connectivity index (χ3v) is 3.29. The summed E-state index contributed by atoms with van der Waals surface area (Å²) in [5, 5.41) is 0.982. The van der Waals surface area contributed by atoms with Crippen molar-refractivity contribution >= 4 is 28.6 Å². The summed E-state index contributed by atoms with van der Waals surface area (Å²) in [6.07, 6.45) is 1.03. The minimum absolute atomic E-state index is 0.761. The number of hydrogen-bond donors (Lipinski definition) is 1. The van der Waals surface area contributed by atoms with Crippen molar-refractivity contribution in [3.63, 3.8) is 0 Å². The Kier molecular flexibility index (Phi) is 4.82. The molecular weight excluding hydrogens is 260 g/mol. The predicted molar refractivity (Wildman–Crippen MR) is 67.1 cm³/mol. The molecule has 0 aromatic heterocycles. The Hall–Kier alpha value is -0.150. The van der Waals surface area contributed by atoms with Gasteiger partial charge in [0, 0.05) is 10.2 Å². The van der Waals surface area contributed by atoms with E-state index in [2.05, 4.69) is 42.4 Å². The van der Waals surface area contributed by atoms with Crippen LogP contribution in [0.15, 0.2) is 17.0 Å². The molecule has 0 fully saturated rings. The second-order valence-corrected chi connectivity index (χ2v) is 4.50. The summed E-state index contributed by atoms with van der Waals surface area (Å²) >= 11 is 7.74. The van der Waals surface area contributed by atoms with Gasteiger partial charge in [-0.1, -0.05) is 15.9 Å². The first kappa shape index (κ1) is 11.9. The number of benzene rings is 1. The average Bonchev–Trinajstić information content (AvgIpc) is 2.18. The van der Waals surface area contributed by atoms with Gasteiger partial charge in [0.2, 0.25) is 0 Å². The summed E-state index contributed by atoms with van der Waals surface area (Å²) in [4.78, 5) is 1.02. The van der Waals surface area contributed by atoms with E-state index in [1.807, 2.05) is 12.1 Å². The SMILES string of the molecule is Cc1c(S)ccc(OCCCBr)c1C. The smallest absolute Gasteiger partial charge is 0.122 e. The molecule has 0 aliphatic heterocycles. The van der Waals surface area contributed by atoms with Gasteiger partial charge in [0.15, 0.2) is 0 Å². The van der Waals surface area contributed by atoms with Crippen molar-refractivity contribution < 1.29 is 4.74 Å². The van der Waals surface area contributed by atoms with Crippen molar-refractivity contribution in [2.24, 2.45) is 0 Å². The van der Waals surface area contributed by atoms with Gasteiger partial charge in [-0.25, -0.2) is 0 Å². The molecule has 1 rings (SSSR count). The molecular formula is C11H15BrOS. The Morgan fingerprint density at radius 1 is 1.29 bits per heavy atom. The molecule has 1 aromatic carbocycles. The quantitative estimate of drug-likeness (QED) is 0.500. The number of halogens is 1. The summed E-state index contributed by atoms with van der Waals surface area (Å²) < 4.78 is 5.65. The van der Waals surface area contributed by atoms with E-state index < -0.39 is 0 Å². The molecule has 0 radical (unpaired) electrons. The van der Waals surface area contributed by atoms with Gasteiger partial charge in [-0.05, 0) is 43.5 Å². The Labute approximate surface area is 99.4 Å².